The quantitative estimate of drug-likeness (QED) is 0.281. The molecule has 1 N–H and O–H groups in total. The summed E-state index contributed by atoms with van der Waals surface area (Å²) in [6.07, 6.45) is 1.65. The molecule has 1 fully saturated rings. The first kappa shape index (κ1) is 23.1. The van der Waals surface area contributed by atoms with Crippen molar-refractivity contribution in [1.82, 2.24) is 9.80 Å². The Morgan fingerprint density at radius 1 is 1.09 bits per heavy atom. The minimum Gasteiger partial charge on any atom is -0.507 e. The highest BCUT2D eigenvalue weighted by Gasteiger charge is 2.45. The fourth-order valence-electron chi connectivity index (χ4n) is 3.57. The molecule has 0 unspecified atom stereocenters. The number of methoxy groups -OCH3 is 1. The smallest absolute Gasteiger partial charge is 0.295 e. The lowest BCUT2D eigenvalue weighted by Gasteiger charge is -2.26. The number of rotatable bonds is 9. The van der Waals surface area contributed by atoms with E-state index in [0.29, 0.717) is 42.3 Å². The first-order valence-corrected chi connectivity index (χ1v) is 10.3. The highest BCUT2D eigenvalue weighted by atomic mass is 16.5. The Morgan fingerprint density at radius 2 is 1.72 bits per heavy atom. The molecule has 0 aromatic heterocycles. The van der Waals surface area contributed by atoms with Gasteiger partial charge in [0.05, 0.1) is 18.7 Å². The first-order valence-electron chi connectivity index (χ1n) is 10.3. The third-order valence-electron chi connectivity index (χ3n) is 5.26. The molecule has 1 aliphatic rings. The number of ether oxygens (including phenoxy) is 2. The van der Waals surface area contributed by atoms with Crippen LogP contribution in [0.25, 0.3) is 5.76 Å². The number of benzene rings is 2. The van der Waals surface area contributed by atoms with Crippen LogP contribution in [0.1, 0.15) is 17.2 Å². The number of carbonyl (C=O) groups excluding carboxylic acids is 2. The number of carbonyl (C=O) groups is 2. The van der Waals surface area contributed by atoms with Crippen LogP contribution in [0.15, 0.2) is 66.8 Å². The second-order valence-corrected chi connectivity index (χ2v) is 7.69. The lowest BCUT2D eigenvalue weighted by Crippen LogP contribution is -2.35. The van der Waals surface area contributed by atoms with Gasteiger partial charge in [-0.05, 0) is 56.1 Å². The Kier molecular flexibility index (Phi) is 7.33. The van der Waals surface area contributed by atoms with Crippen LogP contribution in [0, 0.1) is 0 Å². The van der Waals surface area contributed by atoms with Gasteiger partial charge < -0.3 is 24.4 Å². The second-order valence-electron chi connectivity index (χ2n) is 7.69. The number of ketones is 1. The van der Waals surface area contributed by atoms with E-state index in [2.05, 4.69) is 6.58 Å². The van der Waals surface area contributed by atoms with Gasteiger partial charge in [-0.1, -0.05) is 24.8 Å². The van der Waals surface area contributed by atoms with Crippen LogP contribution in [0.4, 0.5) is 0 Å². The average Bonchev–Trinajstić information content (AvgIpc) is 3.06. The lowest BCUT2D eigenvalue weighted by atomic mass is 9.95. The fourth-order valence-corrected chi connectivity index (χ4v) is 3.57. The molecule has 1 amide bonds. The molecule has 32 heavy (non-hydrogen) atoms. The van der Waals surface area contributed by atoms with E-state index in [9.17, 15) is 14.7 Å². The summed E-state index contributed by atoms with van der Waals surface area (Å²) >= 11 is 0. The molecule has 0 saturated carbocycles. The standard InChI is InChI=1S/C25H28N2O5/c1-5-16-32-20-12-6-17(7-13-20)22-21(23(28)18-8-10-19(31-4)11-9-18)24(29)25(30)27(22)15-14-26(2)3/h5-13,22,28H,1,14-16H2,2-4H3/t22-/m0/s1. The van der Waals surface area contributed by atoms with Crippen molar-refractivity contribution in [2.75, 3.05) is 40.9 Å². The van der Waals surface area contributed by atoms with Gasteiger partial charge in [-0.3, -0.25) is 9.59 Å². The maximum absolute atomic E-state index is 13.0. The first-order chi connectivity index (χ1) is 15.4. The van der Waals surface area contributed by atoms with E-state index < -0.39 is 17.7 Å². The fraction of sp³-hybridized carbons (Fsp3) is 0.280. The predicted octanol–water partition coefficient (Wildman–Crippen LogP) is 3.24. The summed E-state index contributed by atoms with van der Waals surface area (Å²) in [6, 6.07) is 13.2. The summed E-state index contributed by atoms with van der Waals surface area (Å²) in [4.78, 5) is 29.4. The van der Waals surface area contributed by atoms with Crippen molar-refractivity contribution in [2.45, 2.75) is 6.04 Å². The Balaban J connectivity index is 2.06. The summed E-state index contributed by atoms with van der Waals surface area (Å²) in [5, 5.41) is 11.1. The van der Waals surface area contributed by atoms with Crippen molar-refractivity contribution < 1.29 is 24.2 Å². The molecule has 1 saturated heterocycles. The highest BCUT2D eigenvalue weighted by Crippen LogP contribution is 2.39. The summed E-state index contributed by atoms with van der Waals surface area (Å²) in [7, 11) is 5.34. The Bertz CT molecular complexity index is 1010. The number of aliphatic hydroxyl groups is 1. The van der Waals surface area contributed by atoms with Crippen LogP contribution >= 0.6 is 0 Å². The van der Waals surface area contributed by atoms with E-state index in [1.807, 2.05) is 19.0 Å². The van der Waals surface area contributed by atoms with Crippen LogP contribution in [0.5, 0.6) is 11.5 Å². The summed E-state index contributed by atoms with van der Waals surface area (Å²) in [6.45, 7) is 4.93. The molecule has 1 aliphatic heterocycles. The minimum atomic E-state index is -0.703. The van der Waals surface area contributed by atoms with Gasteiger partial charge in [0.2, 0.25) is 0 Å². The van der Waals surface area contributed by atoms with Crippen LogP contribution in [0.2, 0.25) is 0 Å². The second kappa shape index (κ2) is 10.2. The minimum absolute atomic E-state index is 0.0682. The van der Waals surface area contributed by atoms with Crippen LogP contribution < -0.4 is 9.47 Å². The van der Waals surface area contributed by atoms with Crippen molar-refractivity contribution in [3.63, 3.8) is 0 Å². The molecule has 2 aromatic carbocycles. The summed E-state index contributed by atoms with van der Waals surface area (Å²) < 4.78 is 10.7. The van der Waals surface area contributed by atoms with Crippen molar-refractivity contribution >= 4 is 17.4 Å². The molecule has 0 radical (unpaired) electrons. The van der Waals surface area contributed by atoms with Crippen molar-refractivity contribution in [2.24, 2.45) is 0 Å². The predicted molar refractivity (Wildman–Crippen MR) is 123 cm³/mol. The van der Waals surface area contributed by atoms with E-state index in [1.54, 1.807) is 61.7 Å². The molecular formula is C25H28N2O5. The number of aliphatic hydroxyl groups excluding tert-OH is 1. The molecule has 1 heterocycles. The van der Waals surface area contributed by atoms with Crippen LogP contribution in [0.3, 0.4) is 0 Å². The number of likely N-dealkylation sites (tertiary alicyclic amines) is 1. The molecule has 2 aromatic rings. The molecule has 0 spiro atoms. The number of likely N-dealkylation sites (N-methyl/N-ethyl adjacent to an activating group) is 1. The molecule has 3 rings (SSSR count). The van der Waals surface area contributed by atoms with E-state index in [1.165, 1.54) is 4.90 Å². The maximum atomic E-state index is 13.0. The molecule has 0 aliphatic carbocycles. The highest BCUT2D eigenvalue weighted by molar-refractivity contribution is 6.46. The largest absolute Gasteiger partial charge is 0.507 e. The third kappa shape index (κ3) is 4.84. The molecule has 7 heteroatoms. The summed E-state index contributed by atoms with van der Waals surface area (Å²) in [5.74, 6) is -0.267. The third-order valence-corrected chi connectivity index (χ3v) is 5.26. The van der Waals surface area contributed by atoms with Gasteiger partial charge in [-0.15, -0.1) is 0 Å². The van der Waals surface area contributed by atoms with Gasteiger partial charge in [0.15, 0.2) is 0 Å². The van der Waals surface area contributed by atoms with Gasteiger partial charge in [-0.25, -0.2) is 0 Å². The zero-order valence-electron chi connectivity index (χ0n) is 18.6. The van der Waals surface area contributed by atoms with Crippen LogP contribution in [-0.4, -0.2) is 67.5 Å². The number of hydrogen-bond acceptors (Lipinski definition) is 6. The van der Waals surface area contributed by atoms with E-state index in [0.717, 1.165) is 0 Å². The number of hydrogen-bond donors (Lipinski definition) is 1. The number of Topliss-reactive ketones (excluding diaryl/α,β-unsaturated/α-hetero) is 1. The van der Waals surface area contributed by atoms with E-state index >= 15 is 0 Å². The number of amides is 1. The molecule has 0 bridgehead atoms. The molecule has 1 atom stereocenters. The normalized spacial score (nSPS) is 17.6. The number of nitrogens with zero attached hydrogens (tertiary/aromatic N) is 2. The van der Waals surface area contributed by atoms with Crippen molar-refractivity contribution in [3.05, 3.63) is 77.9 Å². The topological polar surface area (TPSA) is 79.3 Å². The van der Waals surface area contributed by atoms with Crippen molar-refractivity contribution in [3.8, 4) is 11.5 Å². The van der Waals surface area contributed by atoms with Gasteiger partial charge in [0.25, 0.3) is 11.7 Å². The van der Waals surface area contributed by atoms with Gasteiger partial charge in [-0.2, -0.15) is 0 Å². The Labute approximate surface area is 188 Å². The monoisotopic (exact) mass is 436 g/mol. The van der Waals surface area contributed by atoms with Gasteiger partial charge in [0.1, 0.15) is 23.9 Å². The lowest BCUT2D eigenvalue weighted by molar-refractivity contribution is -0.140. The summed E-state index contributed by atoms with van der Waals surface area (Å²) in [5.41, 5.74) is 1.22. The zero-order valence-corrected chi connectivity index (χ0v) is 18.6. The Morgan fingerprint density at radius 3 is 2.28 bits per heavy atom. The van der Waals surface area contributed by atoms with Crippen LogP contribution in [-0.2, 0) is 9.59 Å². The van der Waals surface area contributed by atoms with Gasteiger partial charge >= 0.3 is 0 Å². The van der Waals surface area contributed by atoms with E-state index in [-0.39, 0.29) is 11.3 Å². The molecule has 168 valence electrons. The van der Waals surface area contributed by atoms with E-state index in [4.69, 9.17) is 9.47 Å². The Hall–Kier alpha value is -3.58. The average molecular weight is 437 g/mol. The van der Waals surface area contributed by atoms with Crippen molar-refractivity contribution in [1.29, 1.82) is 0 Å². The molecular weight excluding hydrogens is 408 g/mol. The SMILES string of the molecule is C=CCOc1ccc([C@H]2C(=C(O)c3ccc(OC)cc3)C(=O)C(=O)N2CCN(C)C)cc1. The maximum Gasteiger partial charge on any atom is 0.295 e. The molecule has 7 nitrogen and oxygen atoms in total. The zero-order chi connectivity index (χ0) is 23.3. The van der Waals surface area contributed by atoms with Gasteiger partial charge in [0, 0.05) is 18.7 Å².